The molecule has 24 heavy (non-hydrogen) atoms. The standard InChI is InChI=1S/C20H25NO3/c1-13(2)24-18-12-11-17(15-7-5-6-8-16(15)18)21-19(22)20(3,23-4)14-9-10-14/h5-8,11-14H,9-10H2,1-4H3,(H,21,22)/t20-/m1/s1. The van der Waals surface area contributed by atoms with Crippen molar-refractivity contribution in [3.63, 3.8) is 0 Å². The summed E-state index contributed by atoms with van der Waals surface area (Å²) in [4.78, 5) is 12.8. The van der Waals surface area contributed by atoms with Crippen LogP contribution in [0.1, 0.15) is 33.6 Å². The van der Waals surface area contributed by atoms with Crippen LogP contribution in [0.2, 0.25) is 0 Å². The van der Waals surface area contributed by atoms with E-state index in [0.29, 0.717) is 5.92 Å². The molecule has 1 saturated carbocycles. The fourth-order valence-electron chi connectivity index (χ4n) is 3.06. The molecule has 1 aliphatic carbocycles. The minimum Gasteiger partial charge on any atom is -0.490 e. The van der Waals surface area contributed by atoms with E-state index in [4.69, 9.17) is 9.47 Å². The van der Waals surface area contributed by atoms with Crippen LogP contribution >= 0.6 is 0 Å². The van der Waals surface area contributed by atoms with Gasteiger partial charge < -0.3 is 14.8 Å². The van der Waals surface area contributed by atoms with Gasteiger partial charge in [-0.2, -0.15) is 0 Å². The molecule has 0 radical (unpaired) electrons. The first kappa shape index (κ1) is 16.8. The maximum Gasteiger partial charge on any atom is 0.256 e. The minimum absolute atomic E-state index is 0.0878. The molecule has 0 bridgehead atoms. The van der Waals surface area contributed by atoms with E-state index >= 15 is 0 Å². The number of methoxy groups -OCH3 is 1. The summed E-state index contributed by atoms with van der Waals surface area (Å²) in [5.41, 5.74) is 0.0180. The highest BCUT2D eigenvalue weighted by Gasteiger charge is 2.47. The van der Waals surface area contributed by atoms with E-state index in [-0.39, 0.29) is 12.0 Å². The van der Waals surface area contributed by atoms with Crippen LogP contribution in [0.15, 0.2) is 36.4 Å². The number of anilines is 1. The van der Waals surface area contributed by atoms with Crippen molar-refractivity contribution in [3.8, 4) is 5.75 Å². The Labute approximate surface area is 143 Å². The molecule has 0 spiro atoms. The van der Waals surface area contributed by atoms with Crippen LogP contribution in [-0.4, -0.2) is 24.7 Å². The molecular formula is C20H25NO3. The number of ether oxygens (including phenoxy) is 2. The van der Waals surface area contributed by atoms with Gasteiger partial charge >= 0.3 is 0 Å². The molecule has 4 nitrogen and oxygen atoms in total. The molecule has 1 fully saturated rings. The second-order valence-electron chi connectivity index (χ2n) is 6.86. The number of fused-ring (bicyclic) bond motifs is 1. The van der Waals surface area contributed by atoms with Gasteiger partial charge in [0, 0.05) is 23.6 Å². The molecule has 1 atom stereocenters. The summed E-state index contributed by atoms with van der Waals surface area (Å²) in [6, 6.07) is 11.8. The largest absolute Gasteiger partial charge is 0.490 e. The summed E-state index contributed by atoms with van der Waals surface area (Å²) in [5.74, 6) is 1.04. The first-order valence-corrected chi connectivity index (χ1v) is 8.50. The summed E-state index contributed by atoms with van der Waals surface area (Å²) < 4.78 is 11.4. The van der Waals surface area contributed by atoms with Crippen molar-refractivity contribution in [2.24, 2.45) is 5.92 Å². The second kappa shape index (κ2) is 6.44. The Morgan fingerprint density at radius 1 is 1.17 bits per heavy atom. The monoisotopic (exact) mass is 327 g/mol. The van der Waals surface area contributed by atoms with E-state index in [1.165, 1.54) is 0 Å². The molecule has 1 N–H and O–H groups in total. The molecule has 128 valence electrons. The molecule has 2 aromatic rings. The summed E-state index contributed by atoms with van der Waals surface area (Å²) in [6.07, 6.45) is 2.18. The Kier molecular flexibility index (Phi) is 4.50. The van der Waals surface area contributed by atoms with Crippen molar-refractivity contribution in [3.05, 3.63) is 36.4 Å². The van der Waals surface area contributed by atoms with Crippen molar-refractivity contribution in [1.82, 2.24) is 0 Å². The zero-order valence-electron chi connectivity index (χ0n) is 14.8. The first-order chi connectivity index (χ1) is 11.5. The lowest BCUT2D eigenvalue weighted by Gasteiger charge is -2.27. The number of benzene rings is 2. The predicted octanol–water partition coefficient (Wildman–Crippen LogP) is 4.38. The van der Waals surface area contributed by atoms with Crippen LogP contribution in [0.5, 0.6) is 5.75 Å². The van der Waals surface area contributed by atoms with E-state index in [9.17, 15) is 4.79 Å². The topological polar surface area (TPSA) is 47.6 Å². The average Bonchev–Trinajstić information content (AvgIpc) is 3.41. The molecular weight excluding hydrogens is 302 g/mol. The molecule has 2 aromatic carbocycles. The summed E-state index contributed by atoms with van der Waals surface area (Å²) in [7, 11) is 1.61. The highest BCUT2D eigenvalue weighted by Crippen LogP contribution is 2.42. The quantitative estimate of drug-likeness (QED) is 0.856. The SMILES string of the molecule is CO[C@@](C)(C(=O)Nc1ccc(OC(C)C)c2ccccc12)C1CC1. The Morgan fingerprint density at radius 3 is 2.42 bits per heavy atom. The maximum absolute atomic E-state index is 12.8. The van der Waals surface area contributed by atoms with Crippen LogP contribution in [-0.2, 0) is 9.53 Å². The fraction of sp³-hybridized carbons (Fsp3) is 0.450. The number of hydrogen-bond donors (Lipinski definition) is 1. The van der Waals surface area contributed by atoms with Crippen LogP contribution < -0.4 is 10.1 Å². The van der Waals surface area contributed by atoms with Gasteiger partial charge in [-0.05, 0) is 51.7 Å². The Morgan fingerprint density at radius 2 is 1.83 bits per heavy atom. The van der Waals surface area contributed by atoms with Crippen LogP contribution in [0.4, 0.5) is 5.69 Å². The molecule has 0 aromatic heterocycles. The lowest BCUT2D eigenvalue weighted by Crippen LogP contribution is -2.44. The lowest BCUT2D eigenvalue weighted by atomic mass is 9.98. The van der Waals surface area contributed by atoms with Crippen LogP contribution in [0.3, 0.4) is 0 Å². The van der Waals surface area contributed by atoms with Gasteiger partial charge in [-0.1, -0.05) is 24.3 Å². The van der Waals surface area contributed by atoms with E-state index in [0.717, 1.165) is 35.1 Å². The third-order valence-corrected chi connectivity index (χ3v) is 4.73. The molecule has 0 saturated heterocycles. The zero-order chi connectivity index (χ0) is 17.3. The molecule has 0 heterocycles. The Bertz CT molecular complexity index is 752. The van der Waals surface area contributed by atoms with Gasteiger partial charge in [0.1, 0.15) is 11.4 Å². The van der Waals surface area contributed by atoms with Gasteiger partial charge in [0.05, 0.1) is 6.10 Å². The number of carbonyl (C=O) groups is 1. The predicted molar refractivity (Wildman–Crippen MR) is 96.5 cm³/mol. The van der Waals surface area contributed by atoms with Crippen molar-refractivity contribution in [1.29, 1.82) is 0 Å². The van der Waals surface area contributed by atoms with Crippen LogP contribution in [0.25, 0.3) is 10.8 Å². The third-order valence-electron chi connectivity index (χ3n) is 4.73. The second-order valence-corrected chi connectivity index (χ2v) is 6.86. The first-order valence-electron chi connectivity index (χ1n) is 8.50. The van der Waals surface area contributed by atoms with Gasteiger partial charge in [0.2, 0.25) is 0 Å². The number of amides is 1. The van der Waals surface area contributed by atoms with Gasteiger partial charge in [0.15, 0.2) is 0 Å². The van der Waals surface area contributed by atoms with Gasteiger partial charge in [0.25, 0.3) is 5.91 Å². The van der Waals surface area contributed by atoms with E-state index < -0.39 is 5.60 Å². The Balaban J connectivity index is 1.94. The van der Waals surface area contributed by atoms with E-state index in [2.05, 4.69) is 5.32 Å². The smallest absolute Gasteiger partial charge is 0.256 e. The van der Waals surface area contributed by atoms with Crippen molar-refractivity contribution in [2.75, 3.05) is 12.4 Å². The number of rotatable bonds is 6. The van der Waals surface area contributed by atoms with Crippen molar-refractivity contribution in [2.45, 2.75) is 45.3 Å². The number of carbonyl (C=O) groups excluding carboxylic acids is 1. The summed E-state index contributed by atoms with van der Waals surface area (Å²) >= 11 is 0. The molecule has 1 aliphatic rings. The molecule has 3 rings (SSSR count). The van der Waals surface area contributed by atoms with E-state index in [1.807, 2.05) is 57.2 Å². The highest BCUT2D eigenvalue weighted by atomic mass is 16.5. The maximum atomic E-state index is 12.8. The highest BCUT2D eigenvalue weighted by molar-refractivity contribution is 6.06. The normalized spacial score (nSPS) is 16.9. The van der Waals surface area contributed by atoms with E-state index in [1.54, 1.807) is 7.11 Å². The fourth-order valence-corrected chi connectivity index (χ4v) is 3.06. The van der Waals surface area contributed by atoms with Crippen molar-refractivity contribution < 1.29 is 14.3 Å². The van der Waals surface area contributed by atoms with Crippen molar-refractivity contribution >= 4 is 22.4 Å². The van der Waals surface area contributed by atoms with Crippen LogP contribution in [0, 0.1) is 5.92 Å². The van der Waals surface area contributed by atoms with Gasteiger partial charge in [-0.25, -0.2) is 0 Å². The minimum atomic E-state index is -0.770. The lowest BCUT2D eigenvalue weighted by molar-refractivity contribution is -0.138. The summed E-state index contributed by atoms with van der Waals surface area (Å²) in [6.45, 7) is 5.88. The van der Waals surface area contributed by atoms with Gasteiger partial charge in [-0.15, -0.1) is 0 Å². The molecule has 0 aliphatic heterocycles. The zero-order valence-corrected chi connectivity index (χ0v) is 14.8. The molecule has 4 heteroatoms. The Hall–Kier alpha value is -2.07. The number of nitrogens with one attached hydrogen (secondary N) is 1. The number of hydrogen-bond acceptors (Lipinski definition) is 3. The average molecular weight is 327 g/mol. The van der Waals surface area contributed by atoms with Gasteiger partial charge in [-0.3, -0.25) is 4.79 Å². The molecule has 1 amide bonds. The third kappa shape index (κ3) is 3.11. The summed E-state index contributed by atoms with van der Waals surface area (Å²) in [5, 5.41) is 5.02. The molecule has 0 unspecified atom stereocenters.